The molecule has 3 atom stereocenters. The molecule has 202 valence electrons. The number of methoxy groups -OCH3 is 1. The first-order valence-electron chi connectivity index (χ1n) is 12.7. The van der Waals surface area contributed by atoms with Gasteiger partial charge in [0.25, 0.3) is 5.91 Å². The van der Waals surface area contributed by atoms with E-state index >= 15 is 0 Å². The molecule has 3 aliphatic rings. The van der Waals surface area contributed by atoms with Crippen LogP contribution in [0.1, 0.15) is 46.8 Å². The van der Waals surface area contributed by atoms with Crippen LogP contribution in [-0.4, -0.2) is 28.9 Å². The number of benzene rings is 3. The van der Waals surface area contributed by atoms with E-state index < -0.39 is 5.41 Å². The Balaban J connectivity index is 1.17. The molecular formula is C30H25ClN4O3S2. The van der Waals surface area contributed by atoms with Crippen molar-refractivity contribution in [2.75, 3.05) is 17.7 Å². The monoisotopic (exact) mass is 588 g/mol. The van der Waals surface area contributed by atoms with Gasteiger partial charge in [0.1, 0.15) is 5.75 Å². The summed E-state index contributed by atoms with van der Waals surface area (Å²) in [6, 6.07) is 20.2. The maximum absolute atomic E-state index is 13.6. The number of ether oxygens (including phenoxy) is 1. The van der Waals surface area contributed by atoms with Crippen molar-refractivity contribution < 1.29 is 14.3 Å². The molecule has 3 aromatic carbocycles. The summed E-state index contributed by atoms with van der Waals surface area (Å²) >= 11 is 13.1. The minimum absolute atomic E-state index is 0.0154. The molecule has 40 heavy (non-hydrogen) atoms. The van der Waals surface area contributed by atoms with Gasteiger partial charge >= 0.3 is 0 Å². The first kappa shape index (κ1) is 26.4. The molecule has 1 saturated heterocycles. The number of nitrogens with zero attached hydrogens (tertiary/aromatic N) is 1. The van der Waals surface area contributed by atoms with Gasteiger partial charge in [-0.25, -0.2) is 4.98 Å². The third-order valence-corrected chi connectivity index (χ3v) is 9.08. The van der Waals surface area contributed by atoms with E-state index in [1.165, 1.54) is 24.0 Å². The van der Waals surface area contributed by atoms with Crippen LogP contribution < -0.4 is 20.7 Å². The molecule has 0 radical (unpaired) electrons. The molecule has 1 unspecified atom stereocenters. The number of hydrogen-bond donors (Lipinski definition) is 3. The molecule has 2 aliphatic heterocycles. The van der Waals surface area contributed by atoms with Crippen molar-refractivity contribution in [1.29, 1.82) is 0 Å². The maximum atomic E-state index is 13.6. The van der Waals surface area contributed by atoms with E-state index in [0.717, 1.165) is 16.1 Å². The number of amides is 2. The van der Waals surface area contributed by atoms with E-state index in [1.807, 2.05) is 30.5 Å². The molecule has 1 aliphatic carbocycles. The molecule has 10 heteroatoms. The van der Waals surface area contributed by atoms with Crippen LogP contribution >= 0.6 is 35.2 Å². The number of fused-ring (bicyclic) bond motifs is 2. The van der Waals surface area contributed by atoms with Crippen LogP contribution in [0, 0.1) is 5.41 Å². The van der Waals surface area contributed by atoms with Crippen LogP contribution in [0.2, 0.25) is 5.02 Å². The fourth-order valence-corrected chi connectivity index (χ4v) is 6.80. The quantitative estimate of drug-likeness (QED) is 0.214. The van der Waals surface area contributed by atoms with Crippen LogP contribution in [0.5, 0.6) is 5.75 Å². The van der Waals surface area contributed by atoms with Crippen molar-refractivity contribution in [3.05, 3.63) is 93.8 Å². The number of halogens is 1. The summed E-state index contributed by atoms with van der Waals surface area (Å²) in [5.41, 5.74) is 4.10. The van der Waals surface area contributed by atoms with Gasteiger partial charge in [0.2, 0.25) is 5.91 Å². The number of thiazole rings is 1. The Labute approximate surface area is 245 Å². The molecule has 1 fully saturated rings. The number of piperidine rings is 1. The van der Waals surface area contributed by atoms with E-state index in [4.69, 9.17) is 28.6 Å². The van der Waals surface area contributed by atoms with Crippen molar-refractivity contribution in [2.24, 2.45) is 5.41 Å². The molecule has 0 saturated carbocycles. The molecule has 1 aromatic heterocycles. The van der Waals surface area contributed by atoms with Crippen LogP contribution in [0.15, 0.2) is 72.1 Å². The Morgan fingerprint density at radius 1 is 1.10 bits per heavy atom. The number of hydrogen-bond acceptors (Lipinski definition) is 6. The van der Waals surface area contributed by atoms with Crippen LogP contribution in [-0.2, 0) is 4.79 Å². The highest BCUT2D eigenvalue weighted by Gasteiger charge is 2.53. The van der Waals surface area contributed by atoms with Gasteiger partial charge in [-0.3, -0.25) is 9.59 Å². The van der Waals surface area contributed by atoms with E-state index in [1.54, 1.807) is 36.4 Å². The van der Waals surface area contributed by atoms with Crippen LogP contribution in [0.4, 0.5) is 10.8 Å². The van der Waals surface area contributed by atoms with Gasteiger partial charge in [-0.05, 0) is 54.8 Å². The first-order chi connectivity index (χ1) is 19.3. The van der Waals surface area contributed by atoms with Gasteiger partial charge in [-0.1, -0.05) is 60.2 Å². The van der Waals surface area contributed by atoms with E-state index in [0.29, 0.717) is 39.3 Å². The highest BCUT2D eigenvalue weighted by atomic mass is 35.5. The summed E-state index contributed by atoms with van der Waals surface area (Å²) in [5.74, 6) is 0.168. The second kappa shape index (κ2) is 10.3. The summed E-state index contributed by atoms with van der Waals surface area (Å²) in [7, 11) is 1.53. The van der Waals surface area contributed by atoms with E-state index in [9.17, 15) is 9.59 Å². The maximum Gasteiger partial charge on any atom is 0.255 e. The third-order valence-electron chi connectivity index (χ3n) is 7.62. The lowest BCUT2D eigenvalue weighted by molar-refractivity contribution is -0.127. The zero-order chi connectivity index (χ0) is 28.0. The van der Waals surface area contributed by atoms with Crippen molar-refractivity contribution in [3.63, 3.8) is 0 Å². The number of thiocarbonyl (C=S) groups is 1. The molecular weight excluding hydrogens is 564 g/mol. The number of nitrogens with one attached hydrogen (secondary N) is 3. The smallest absolute Gasteiger partial charge is 0.255 e. The van der Waals surface area contributed by atoms with Gasteiger partial charge in [0, 0.05) is 28.1 Å². The SMILES string of the molecule is COc1ccc(NC(=O)c2cccc(-c3csc(NC(=O)[C@@]4(C)C[C@@H]5C(=S)NC4c4ccccc45)n3)c2)cc1Cl. The molecule has 0 spiro atoms. The molecule has 7 rings (SSSR count). The highest BCUT2D eigenvalue weighted by molar-refractivity contribution is 7.80. The lowest BCUT2D eigenvalue weighted by Gasteiger charge is -2.50. The Morgan fingerprint density at radius 3 is 2.67 bits per heavy atom. The fraction of sp³-hybridized carbons (Fsp3) is 0.200. The molecule has 2 bridgehead atoms. The van der Waals surface area contributed by atoms with Gasteiger partial charge in [-0.15, -0.1) is 11.3 Å². The van der Waals surface area contributed by atoms with E-state index in [-0.39, 0.29) is 23.8 Å². The molecule has 3 heterocycles. The molecule has 4 aromatic rings. The van der Waals surface area contributed by atoms with Gasteiger partial charge in [-0.2, -0.15) is 0 Å². The fourth-order valence-electron chi connectivity index (χ4n) is 5.49. The Kier molecular flexibility index (Phi) is 6.82. The number of aromatic nitrogens is 1. The third kappa shape index (κ3) is 4.64. The summed E-state index contributed by atoms with van der Waals surface area (Å²) in [5, 5.41) is 12.1. The second-order valence-corrected chi connectivity index (χ2v) is 11.8. The summed E-state index contributed by atoms with van der Waals surface area (Å²) in [6.07, 6.45) is 0.640. The van der Waals surface area contributed by atoms with Gasteiger partial charge in [0.15, 0.2) is 5.13 Å². The van der Waals surface area contributed by atoms with Crippen molar-refractivity contribution in [2.45, 2.75) is 25.3 Å². The lowest BCUT2D eigenvalue weighted by atomic mass is 9.61. The average molecular weight is 589 g/mol. The molecule has 7 nitrogen and oxygen atoms in total. The minimum atomic E-state index is -0.685. The summed E-state index contributed by atoms with van der Waals surface area (Å²) in [4.78, 5) is 32.0. The first-order valence-corrected chi connectivity index (χ1v) is 14.3. The summed E-state index contributed by atoms with van der Waals surface area (Å²) in [6.45, 7) is 1.98. The normalized spacial score (nSPS) is 20.8. The van der Waals surface area contributed by atoms with Crippen molar-refractivity contribution in [1.82, 2.24) is 10.3 Å². The Morgan fingerprint density at radius 2 is 1.90 bits per heavy atom. The number of rotatable bonds is 6. The lowest BCUT2D eigenvalue weighted by Crippen LogP contribution is -2.56. The van der Waals surface area contributed by atoms with Crippen LogP contribution in [0.25, 0.3) is 11.3 Å². The molecule has 2 amide bonds. The highest BCUT2D eigenvalue weighted by Crippen LogP contribution is 2.53. The predicted molar refractivity (Wildman–Crippen MR) is 163 cm³/mol. The van der Waals surface area contributed by atoms with Gasteiger partial charge in [0.05, 0.1) is 34.3 Å². The van der Waals surface area contributed by atoms with Gasteiger partial charge < -0.3 is 20.7 Å². The number of anilines is 2. The predicted octanol–water partition coefficient (Wildman–Crippen LogP) is 6.83. The topological polar surface area (TPSA) is 92.4 Å². The zero-order valence-electron chi connectivity index (χ0n) is 21.7. The average Bonchev–Trinajstić information content (AvgIpc) is 3.43. The number of carbonyl (C=O) groups excluding carboxylic acids is 2. The van der Waals surface area contributed by atoms with Crippen molar-refractivity contribution >= 4 is 62.8 Å². The van der Waals surface area contributed by atoms with Crippen LogP contribution in [0.3, 0.4) is 0 Å². The summed E-state index contributed by atoms with van der Waals surface area (Å²) < 4.78 is 5.17. The number of carbonyl (C=O) groups is 2. The van der Waals surface area contributed by atoms with Crippen molar-refractivity contribution in [3.8, 4) is 17.0 Å². The zero-order valence-corrected chi connectivity index (χ0v) is 24.0. The Bertz CT molecular complexity index is 1670. The second-order valence-electron chi connectivity index (χ2n) is 10.1. The minimum Gasteiger partial charge on any atom is -0.495 e. The molecule has 3 N–H and O–H groups in total. The Hall–Kier alpha value is -3.79. The largest absolute Gasteiger partial charge is 0.495 e. The van der Waals surface area contributed by atoms with E-state index in [2.05, 4.69) is 33.1 Å². The standard InChI is InChI=1S/C30H25ClN4O3S2/c1-30(14-21-19-8-3-4-9-20(19)25(30)34-27(21)39)28(37)35-29-33-23(15-40-29)16-6-5-7-17(12-16)26(36)32-18-10-11-24(38-2)22(31)13-18/h3-13,15,21,25H,14H2,1-2H3,(H,32,36)(H,34,39)(H,33,35,37)/t21-,25?,30-/m0/s1.